The van der Waals surface area contributed by atoms with Crippen molar-refractivity contribution in [2.45, 2.75) is 124 Å². The first kappa shape index (κ1) is 32.6. The van der Waals surface area contributed by atoms with Crippen LogP contribution in [0.15, 0.2) is 29.3 Å². The zero-order valence-electron chi connectivity index (χ0n) is 22.6. The van der Waals surface area contributed by atoms with Crippen LogP contribution >= 0.6 is 0 Å². The second-order valence-corrected chi connectivity index (χ2v) is 9.96. The van der Waals surface area contributed by atoms with Gasteiger partial charge in [-0.25, -0.2) is 0 Å². The highest BCUT2D eigenvalue weighted by atomic mass is 127. The zero-order chi connectivity index (χ0) is 23.3. The fourth-order valence-electron chi connectivity index (χ4n) is 4.43. The summed E-state index contributed by atoms with van der Waals surface area (Å²) < 4.78 is 0.997. The predicted octanol–water partition coefficient (Wildman–Crippen LogP) is 6.35. The lowest BCUT2D eigenvalue weighted by Crippen LogP contribution is -3.00. The maximum Gasteiger partial charge on any atom is 0.132 e. The number of halogens is 1. The molecule has 1 aromatic rings. The minimum atomic E-state index is 0. The van der Waals surface area contributed by atoms with E-state index in [-0.39, 0.29) is 24.0 Å². The molecule has 0 atom stereocenters. The molecular weight excluding hydrogens is 515 g/mol. The molecule has 0 bridgehead atoms. The quantitative estimate of drug-likeness (QED) is 0.0707. The monoisotopic (exact) mass is 570 g/mol. The van der Waals surface area contributed by atoms with E-state index in [2.05, 4.69) is 63.3 Å². The number of aliphatic imine (C=N–C) groups is 1. The molecule has 3 heteroatoms. The molecule has 0 spiro atoms. The van der Waals surface area contributed by atoms with Gasteiger partial charge in [-0.15, -0.1) is 0 Å². The average molecular weight is 571 g/mol. The van der Waals surface area contributed by atoms with E-state index in [1.54, 1.807) is 0 Å². The predicted molar refractivity (Wildman–Crippen MR) is 147 cm³/mol. The highest BCUT2D eigenvalue weighted by Crippen LogP contribution is 2.20. The minimum absolute atomic E-state index is 0. The highest BCUT2D eigenvalue weighted by molar-refractivity contribution is 5.80. The summed E-state index contributed by atoms with van der Waals surface area (Å²) in [6.07, 6.45) is 24.8. The first-order valence-electron chi connectivity index (χ1n) is 14.1. The third-order valence-corrected chi connectivity index (χ3v) is 7.29. The summed E-state index contributed by atoms with van der Waals surface area (Å²) in [5, 5.41) is 0. The van der Waals surface area contributed by atoms with Crippen LogP contribution in [-0.2, 0) is 0 Å². The minimum Gasteiger partial charge on any atom is -1.00 e. The zero-order valence-corrected chi connectivity index (χ0v) is 24.8. The van der Waals surface area contributed by atoms with Crippen molar-refractivity contribution < 1.29 is 24.0 Å². The molecular formula is C30H55IN2. The van der Waals surface area contributed by atoms with Crippen molar-refractivity contribution in [3.63, 3.8) is 0 Å². The Morgan fingerprint density at radius 2 is 1.00 bits per heavy atom. The average Bonchev–Trinajstić information content (AvgIpc) is 2.83. The Bertz CT molecular complexity index is 563. The molecule has 192 valence electrons. The van der Waals surface area contributed by atoms with Crippen LogP contribution in [-0.4, -0.2) is 32.9 Å². The summed E-state index contributed by atoms with van der Waals surface area (Å²) in [4.78, 5) is 4.65. The molecule has 0 aliphatic carbocycles. The van der Waals surface area contributed by atoms with Crippen LogP contribution in [0.2, 0.25) is 0 Å². The van der Waals surface area contributed by atoms with Crippen molar-refractivity contribution in [1.82, 2.24) is 4.48 Å². The van der Waals surface area contributed by atoms with Gasteiger partial charge in [0.2, 0.25) is 0 Å². The number of rotatable bonds is 21. The van der Waals surface area contributed by atoms with E-state index < -0.39 is 0 Å². The van der Waals surface area contributed by atoms with Crippen molar-refractivity contribution in [2.24, 2.45) is 4.99 Å². The SMILES string of the molecule is CCCCCCCCCCCCCCCCCCN=Cc1ccc([N+](C)(CC)CC)cc1.[I-]. The molecule has 33 heavy (non-hydrogen) atoms. The Morgan fingerprint density at radius 3 is 1.39 bits per heavy atom. The summed E-state index contributed by atoms with van der Waals surface area (Å²) in [7, 11) is 2.31. The van der Waals surface area contributed by atoms with Crippen LogP contribution in [0.4, 0.5) is 5.69 Å². The van der Waals surface area contributed by atoms with Crippen LogP contribution in [0, 0.1) is 0 Å². The van der Waals surface area contributed by atoms with Crippen LogP contribution in [0.25, 0.3) is 0 Å². The van der Waals surface area contributed by atoms with Gasteiger partial charge in [0.1, 0.15) is 5.69 Å². The second kappa shape index (κ2) is 22.1. The van der Waals surface area contributed by atoms with E-state index in [0.29, 0.717) is 0 Å². The molecule has 0 amide bonds. The summed E-state index contributed by atoms with van der Waals surface area (Å²) >= 11 is 0. The van der Waals surface area contributed by atoms with Crippen molar-refractivity contribution in [3.05, 3.63) is 29.8 Å². The molecule has 2 nitrogen and oxygen atoms in total. The van der Waals surface area contributed by atoms with Gasteiger partial charge in [0.15, 0.2) is 0 Å². The largest absolute Gasteiger partial charge is 1.00 e. The summed E-state index contributed by atoms with van der Waals surface area (Å²) in [6.45, 7) is 10.0. The Kier molecular flexibility index (Phi) is 21.8. The Labute approximate surface area is 224 Å². The van der Waals surface area contributed by atoms with Crippen molar-refractivity contribution in [3.8, 4) is 0 Å². The molecule has 0 heterocycles. The van der Waals surface area contributed by atoms with Gasteiger partial charge in [0.25, 0.3) is 0 Å². The van der Waals surface area contributed by atoms with Gasteiger partial charge in [-0.3, -0.25) is 9.48 Å². The fraction of sp³-hybridized carbons (Fsp3) is 0.767. The second-order valence-electron chi connectivity index (χ2n) is 9.96. The van der Waals surface area contributed by atoms with Gasteiger partial charge in [0.05, 0.1) is 20.1 Å². The smallest absolute Gasteiger partial charge is 0.132 e. The molecule has 0 aliphatic heterocycles. The molecule has 0 aliphatic rings. The molecule has 1 rings (SSSR count). The lowest BCUT2D eigenvalue weighted by Gasteiger charge is -2.31. The van der Waals surface area contributed by atoms with Gasteiger partial charge in [0, 0.05) is 12.8 Å². The van der Waals surface area contributed by atoms with Crippen molar-refractivity contribution in [2.75, 3.05) is 26.7 Å². The first-order chi connectivity index (χ1) is 15.7. The molecule has 0 saturated carbocycles. The van der Waals surface area contributed by atoms with E-state index >= 15 is 0 Å². The number of nitrogens with zero attached hydrogens (tertiary/aromatic N) is 2. The molecule has 0 fully saturated rings. The molecule has 0 unspecified atom stereocenters. The molecule has 0 aromatic heterocycles. The Hall–Kier alpha value is -0.420. The van der Waals surface area contributed by atoms with Crippen LogP contribution in [0.5, 0.6) is 0 Å². The highest BCUT2D eigenvalue weighted by Gasteiger charge is 2.19. The molecule has 0 radical (unpaired) electrons. The number of quaternary nitrogens is 1. The topological polar surface area (TPSA) is 12.4 Å². The van der Waals surface area contributed by atoms with Gasteiger partial charge < -0.3 is 24.0 Å². The van der Waals surface area contributed by atoms with Crippen LogP contribution < -0.4 is 28.5 Å². The van der Waals surface area contributed by atoms with Gasteiger partial charge >= 0.3 is 0 Å². The maximum absolute atomic E-state index is 4.65. The van der Waals surface area contributed by atoms with Crippen LogP contribution in [0.3, 0.4) is 0 Å². The Balaban J connectivity index is 0.0000102. The number of benzene rings is 1. The van der Waals surface area contributed by atoms with Gasteiger partial charge in [-0.05, 0) is 50.1 Å². The molecule has 0 saturated heterocycles. The Morgan fingerprint density at radius 1 is 0.606 bits per heavy atom. The standard InChI is InChI=1S/C30H55N2.HI/c1-5-8-9-10-11-12-13-14-15-16-17-18-19-20-21-22-27-31-28-29-23-25-30(26-24-29)32(4,6-2)7-3;/h23-26,28H,5-22,27H2,1-4H3;1H/q+1;/p-1. The third-order valence-electron chi connectivity index (χ3n) is 7.29. The van der Waals surface area contributed by atoms with Crippen LogP contribution in [0.1, 0.15) is 129 Å². The van der Waals surface area contributed by atoms with E-state index in [1.807, 2.05) is 0 Å². The third kappa shape index (κ3) is 16.0. The maximum atomic E-state index is 4.65. The summed E-state index contributed by atoms with van der Waals surface area (Å²) in [5.74, 6) is 0. The van der Waals surface area contributed by atoms with E-state index in [4.69, 9.17) is 0 Å². The normalized spacial score (nSPS) is 11.8. The fourth-order valence-corrected chi connectivity index (χ4v) is 4.43. The van der Waals surface area contributed by atoms with Crippen molar-refractivity contribution in [1.29, 1.82) is 0 Å². The van der Waals surface area contributed by atoms with Gasteiger partial charge in [-0.2, -0.15) is 0 Å². The van der Waals surface area contributed by atoms with Crippen molar-refractivity contribution >= 4 is 11.9 Å². The molecule has 0 N–H and O–H groups in total. The lowest BCUT2D eigenvalue weighted by atomic mass is 10.0. The number of hydrogen-bond donors (Lipinski definition) is 0. The summed E-state index contributed by atoms with van der Waals surface area (Å²) in [5.41, 5.74) is 2.62. The van der Waals surface area contributed by atoms with E-state index in [0.717, 1.165) is 24.1 Å². The van der Waals surface area contributed by atoms with E-state index in [9.17, 15) is 0 Å². The van der Waals surface area contributed by atoms with Gasteiger partial charge in [-0.1, -0.05) is 103 Å². The number of hydrogen-bond acceptors (Lipinski definition) is 1. The first-order valence-corrected chi connectivity index (χ1v) is 14.1. The van der Waals surface area contributed by atoms with E-state index in [1.165, 1.54) is 114 Å². The number of unbranched alkanes of at least 4 members (excludes halogenated alkanes) is 15. The lowest BCUT2D eigenvalue weighted by molar-refractivity contribution is -0.00000704. The molecule has 1 aromatic carbocycles. The summed E-state index contributed by atoms with van der Waals surface area (Å²) in [6, 6.07) is 8.97.